The summed E-state index contributed by atoms with van der Waals surface area (Å²) < 4.78 is -0.743. The molecule has 6 heavy (non-hydrogen) atoms. The van der Waals surface area contributed by atoms with Crippen LogP contribution in [0.4, 0.5) is 0 Å². The fourth-order valence-electron chi connectivity index (χ4n) is 0. The van der Waals surface area contributed by atoms with Crippen LogP contribution < -0.4 is 0 Å². The van der Waals surface area contributed by atoms with Gasteiger partial charge < -0.3 is 0 Å². The zero-order valence-electron chi connectivity index (χ0n) is 3.04. The molecule has 0 aliphatic carbocycles. The lowest BCUT2D eigenvalue weighted by molar-refractivity contribution is 1.32. The maximum Gasteiger partial charge on any atom is 0.169 e. The van der Waals surface area contributed by atoms with Crippen molar-refractivity contribution in [2.75, 3.05) is 0 Å². The Bertz CT molecular complexity index is 24.3. The van der Waals surface area contributed by atoms with Crippen molar-refractivity contribution >= 4 is 51.5 Å². The van der Waals surface area contributed by atoms with E-state index in [9.17, 15) is 0 Å². The number of hydrogen-bond donors (Lipinski definition) is 0. The van der Waals surface area contributed by atoms with Crippen LogP contribution in [0.1, 0.15) is 6.92 Å². The average molecular weight is 214 g/mol. The number of rotatable bonds is 0. The molecule has 4 heteroatoms. The second kappa shape index (κ2) is 3.36. The predicted octanol–water partition coefficient (Wildman–Crippen LogP) is 2.95. The summed E-state index contributed by atoms with van der Waals surface area (Å²) in [4.78, 5) is 0. The van der Waals surface area contributed by atoms with Crippen LogP contribution >= 0.6 is 51.5 Å². The lowest BCUT2D eigenvalue weighted by Crippen LogP contribution is -1.86. The van der Waals surface area contributed by atoms with E-state index in [-0.39, 0.29) is 12.4 Å². The first-order chi connectivity index (χ1) is 2.00. The molecule has 0 aromatic rings. The van der Waals surface area contributed by atoms with Crippen molar-refractivity contribution in [1.29, 1.82) is 0 Å². The minimum atomic E-state index is -0.743. The molecule has 0 aromatic carbocycles. The summed E-state index contributed by atoms with van der Waals surface area (Å²) in [6, 6.07) is 0. The van der Waals surface area contributed by atoms with Crippen LogP contribution in [0.2, 0.25) is 0 Å². The number of hydrogen-bond acceptors (Lipinski definition) is 0. The maximum atomic E-state index is 5.21. The van der Waals surface area contributed by atoms with Gasteiger partial charge in [0, 0.05) is 0 Å². The highest BCUT2D eigenvalue weighted by Crippen LogP contribution is 2.26. The zero-order chi connectivity index (χ0) is 4.50. The molecule has 0 aliphatic rings. The Kier molecular flexibility index (Phi) is 5.81. The van der Waals surface area contributed by atoms with Crippen LogP contribution in [0.5, 0.6) is 0 Å². The van der Waals surface area contributed by atoms with E-state index in [0.29, 0.717) is 0 Å². The van der Waals surface area contributed by atoms with Crippen LogP contribution in [0, 0.1) is 0 Å². The van der Waals surface area contributed by atoms with E-state index in [2.05, 4.69) is 15.9 Å². The van der Waals surface area contributed by atoms with Crippen molar-refractivity contribution in [3.05, 3.63) is 0 Å². The highest BCUT2D eigenvalue weighted by atomic mass is 79.9. The van der Waals surface area contributed by atoms with E-state index in [1.165, 1.54) is 0 Å². The Hall–Kier alpha value is 1.35. The molecule has 0 N–H and O–H groups in total. The molecule has 40 valence electrons. The molecule has 0 heterocycles. The Morgan fingerprint density at radius 3 is 1.50 bits per heavy atom. The van der Waals surface area contributed by atoms with Gasteiger partial charge >= 0.3 is 0 Å². The molecule has 0 unspecified atom stereocenters. The van der Waals surface area contributed by atoms with Crippen molar-refractivity contribution < 1.29 is 0 Å². The fraction of sp³-hybridized carbons (Fsp3) is 1.00. The Labute approximate surface area is 61.7 Å². The van der Waals surface area contributed by atoms with E-state index in [1.807, 2.05) is 0 Å². The molecule has 0 saturated carbocycles. The molecule has 0 aromatic heterocycles. The Morgan fingerprint density at radius 2 is 1.50 bits per heavy atom. The van der Waals surface area contributed by atoms with Gasteiger partial charge in [-0.3, -0.25) is 0 Å². The summed E-state index contributed by atoms with van der Waals surface area (Å²) >= 11 is 13.3. The lowest BCUT2D eigenvalue weighted by Gasteiger charge is -1.95. The molecule has 0 aliphatic heterocycles. The van der Waals surface area contributed by atoms with Gasteiger partial charge in [-0.15, -0.1) is 12.4 Å². The standard InChI is InChI=1S/C2H3BrCl2.ClH/c1-2(3,4)5;/h1H3;1H. The minimum absolute atomic E-state index is 0. The highest BCUT2D eigenvalue weighted by Gasteiger charge is 2.06. The summed E-state index contributed by atoms with van der Waals surface area (Å²) in [6.45, 7) is 1.64. The van der Waals surface area contributed by atoms with E-state index in [4.69, 9.17) is 23.2 Å². The van der Waals surface area contributed by atoms with Crippen molar-refractivity contribution in [3.63, 3.8) is 0 Å². The van der Waals surface area contributed by atoms with Gasteiger partial charge in [0.1, 0.15) is 0 Å². The van der Waals surface area contributed by atoms with Crippen LogP contribution in [-0.4, -0.2) is 3.24 Å². The molecule has 0 nitrogen and oxygen atoms in total. The molecule has 0 radical (unpaired) electrons. The summed E-state index contributed by atoms with van der Waals surface area (Å²) in [7, 11) is 0. The predicted molar refractivity (Wildman–Crippen MR) is 36.3 cm³/mol. The first-order valence-corrected chi connectivity index (χ1v) is 2.62. The smallest absolute Gasteiger partial charge is 0.147 e. The lowest BCUT2D eigenvalue weighted by atomic mass is 11.0. The number of halogens is 4. The zero-order valence-corrected chi connectivity index (χ0v) is 6.96. The molecular formula is C2H4BrCl3. The molecule has 0 saturated heterocycles. The third-order valence-corrected chi connectivity index (χ3v) is 0. The van der Waals surface area contributed by atoms with Crippen LogP contribution in [0.15, 0.2) is 0 Å². The van der Waals surface area contributed by atoms with Crippen molar-refractivity contribution in [1.82, 2.24) is 0 Å². The van der Waals surface area contributed by atoms with Gasteiger partial charge in [0.15, 0.2) is 3.24 Å². The highest BCUT2D eigenvalue weighted by molar-refractivity contribution is 9.11. The fourth-order valence-corrected chi connectivity index (χ4v) is 0. The molecule has 0 bridgehead atoms. The summed E-state index contributed by atoms with van der Waals surface area (Å²) in [5, 5.41) is 0. The first kappa shape index (κ1) is 10.4. The van der Waals surface area contributed by atoms with Crippen molar-refractivity contribution in [3.8, 4) is 0 Å². The maximum absolute atomic E-state index is 5.21. The third kappa shape index (κ3) is 55.5. The summed E-state index contributed by atoms with van der Waals surface area (Å²) in [5.74, 6) is 0. The molecule has 0 amide bonds. The average Bonchev–Trinajstić information content (AvgIpc) is 0.722. The second-order valence-corrected chi connectivity index (χ2v) is 4.99. The van der Waals surface area contributed by atoms with Crippen LogP contribution in [0.25, 0.3) is 0 Å². The molecule has 0 spiro atoms. The van der Waals surface area contributed by atoms with Gasteiger partial charge in [0.25, 0.3) is 0 Å². The van der Waals surface area contributed by atoms with Crippen molar-refractivity contribution in [2.24, 2.45) is 0 Å². The molecule has 0 fully saturated rings. The van der Waals surface area contributed by atoms with Gasteiger partial charge in [0.05, 0.1) is 0 Å². The van der Waals surface area contributed by atoms with Crippen molar-refractivity contribution in [2.45, 2.75) is 10.2 Å². The number of alkyl halides is 3. The van der Waals surface area contributed by atoms with E-state index in [1.54, 1.807) is 6.92 Å². The minimum Gasteiger partial charge on any atom is -0.147 e. The normalized spacial score (nSPS) is 10.0. The molecule has 0 atom stereocenters. The van der Waals surface area contributed by atoms with E-state index in [0.717, 1.165) is 0 Å². The monoisotopic (exact) mass is 212 g/mol. The Balaban J connectivity index is 0. The largest absolute Gasteiger partial charge is 0.169 e. The van der Waals surface area contributed by atoms with Gasteiger partial charge in [0.2, 0.25) is 0 Å². The third-order valence-electron chi connectivity index (χ3n) is 0. The van der Waals surface area contributed by atoms with Gasteiger partial charge in [-0.05, 0) is 6.92 Å². The molecular weight excluding hydrogens is 210 g/mol. The van der Waals surface area contributed by atoms with E-state index >= 15 is 0 Å². The second-order valence-electron chi connectivity index (χ2n) is 0.781. The van der Waals surface area contributed by atoms with Crippen LogP contribution in [0.3, 0.4) is 0 Å². The van der Waals surface area contributed by atoms with E-state index < -0.39 is 3.24 Å². The SMILES string of the molecule is CC(Cl)(Cl)Br.Cl. The topological polar surface area (TPSA) is 0 Å². The van der Waals surface area contributed by atoms with Gasteiger partial charge in [-0.25, -0.2) is 0 Å². The Morgan fingerprint density at radius 1 is 1.50 bits per heavy atom. The van der Waals surface area contributed by atoms with Gasteiger partial charge in [-0.1, -0.05) is 39.1 Å². The first-order valence-electron chi connectivity index (χ1n) is 1.07. The summed E-state index contributed by atoms with van der Waals surface area (Å²) in [6.07, 6.45) is 0. The quantitative estimate of drug-likeness (QED) is 0.544. The summed E-state index contributed by atoms with van der Waals surface area (Å²) in [5.41, 5.74) is 0. The molecule has 0 rings (SSSR count). The van der Waals surface area contributed by atoms with Gasteiger partial charge in [-0.2, -0.15) is 0 Å². The van der Waals surface area contributed by atoms with Crippen LogP contribution in [-0.2, 0) is 0 Å².